The van der Waals surface area contributed by atoms with E-state index in [1.165, 1.54) is 30.3 Å². The van der Waals surface area contributed by atoms with Crippen molar-refractivity contribution in [3.63, 3.8) is 0 Å². The molecule has 0 fully saturated rings. The third-order valence-corrected chi connectivity index (χ3v) is 3.81. The lowest BCUT2D eigenvalue weighted by Gasteiger charge is -2.05. The number of anilines is 1. The molecule has 26 heavy (non-hydrogen) atoms. The number of nitrogens with one attached hydrogen (secondary N) is 1. The van der Waals surface area contributed by atoms with E-state index in [1.54, 1.807) is 18.2 Å². The van der Waals surface area contributed by atoms with Crippen LogP contribution in [0.25, 0.3) is 6.08 Å². The van der Waals surface area contributed by atoms with Gasteiger partial charge < -0.3 is 10.1 Å². The molecule has 0 spiro atoms. The Labute approximate surface area is 158 Å². The van der Waals surface area contributed by atoms with Gasteiger partial charge in [-0.3, -0.25) is 14.9 Å². The Bertz CT molecular complexity index is 883. The molecule has 2 aromatic carbocycles. The van der Waals surface area contributed by atoms with Crippen molar-refractivity contribution in [1.82, 2.24) is 0 Å². The number of amides is 1. The first-order valence-corrected chi connectivity index (χ1v) is 7.95. The molecule has 1 N–H and O–H groups in total. The van der Waals surface area contributed by atoms with Crippen LogP contribution in [0.15, 0.2) is 48.5 Å². The monoisotopic (exact) mass is 394 g/mol. The van der Waals surface area contributed by atoms with E-state index in [0.717, 1.165) is 6.08 Å². The molecule has 134 valence electrons. The number of esters is 1. The van der Waals surface area contributed by atoms with Crippen LogP contribution >= 0.6 is 23.2 Å². The second-order valence-corrected chi connectivity index (χ2v) is 5.75. The summed E-state index contributed by atoms with van der Waals surface area (Å²) in [5, 5.41) is 13.9. The topological polar surface area (TPSA) is 98.5 Å². The van der Waals surface area contributed by atoms with E-state index in [-0.39, 0.29) is 11.4 Å². The molecular formula is C17H12Cl2N2O5. The maximum Gasteiger partial charge on any atom is 0.331 e. The molecule has 7 nitrogen and oxygen atoms in total. The normalized spacial score (nSPS) is 10.5. The van der Waals surface area contributed by atoms with Crippen LogP contribution in [0.4, 0.5) is 11.4 Å². The maximum atomic E-state index is 11.8. The smallest absolute Gasteiger partial charge is 0.331 e. The van der Waals surface area contributed by atoms with Crippen LogP contribution < -0.4 is 5.32 Å². The van der Waals surface area contributed by atoms with Gasteiger partial charge in [-0.2, -0.15) is 0 Å². The van der Waals surface area contributed by atoms with Gasteiger partial charge in [-0.1, -0.05) is 41.4 Å². The third-order valence-electron chi connectivity index (χ3n) is 3.08. The van der Waals surface area contributed by atoms with Gasteiger partial charge in [-0.15, -0.1) is 0 Å². The quantitative estimate of drug-likeness (QED) is 0.344. The molecule has 9 heteroatoms. The zero-order valence-corrected chi connectivity index (χ0v) is 14.7. The second-order valence-electron chi connectivity index (χ2n) is 4.94. The Morgan fingerprint density at radius 1 is 1.15 bits per heavy atom. The van der Waals surface area contributed by atoms with Gasteiger partial charge in [0, 0.05) is 12.1 Å². The number of para-hydroxylation sites is 2. The molecule has 0 aromatic heterocycles. The SMILES string of the molecule is O=C(COC(=O)/C=C/c1ccc(Cl)c(Cl)c1)Nc1ccccc1[N+](=O)[O-]. The number of ether oxygens (including phenoxy) is 1. The summed E-state index contributed by atoms with van der Waals surface area (Å²) in [6.07, 6.45) is 2.57. The van der Waals surface area contributed by atoms with Gasteiger partial charge in [0.15, 0.2) is 6.61 Å². The largest absolute Gasteiger partial charge is 0.452 e. The number of halogens is 2. The van der Waals surface area contributed by atoms with Crippen LogP contribution in [0.3, 0.4) is 0 Å². The molecule has 0 atom stereocenters. The lowest BCUT2D eigenvalue weighted by molar-refractivity contribution is -0.383. The van der Waals surface area contributed by atoms with Gasteiger partial charge in [0.05, 0.1) is 15.0 Å². The van der Waals surface area contributed by atoms with Crippen LogP contribution in [0.1, 0.15) is 5.56 Å². The Balaban J connectivity index is 1.89. The highest BCUT2D eigenvalue weighted by Gasteiger charge is 2.15. The first-order chi connectivity index (χ1) is 12.4. The summed E-state index contributed by atoms with van der Waals surface area (Å²) in [7, 11) is 0. The summed E-state index contributed by atoms with van der Waals surface area (Å²) in [5.74, 6) is -1.45. The highest BCUT2D eigenvalue weighted by atomic mass is 35.5. The van der Waals surface area contributed by atoms with Crippen LogP contribution in [-0.4, -0.2) is 23.4 Å². The number of hydrogen-bond donors (Lipinski definition) is 1. The molecule has 2 rings (SSSR count). The Morgan fingerprint density at radius 2 is 1.88 bits per heavy atom. The fourth-order valence-electron chi connectivity index (χ4n) is 1.89. The molecule has 0 aliphatic carbocycles. The number of carbonyl (C=O) groups excluding carboxylic acids is 2. The maximum absolute atomic E-state index is 11.8. The third kappa shape index (κ3) is 5.58. The van der Waals surface area contributed by atoms with Crippen molar-refractivity contribution in [2.24, 2.45) is 0 Å². The molecule has 0 unspecified atom stereocenters. The van der Waals surface area contributed by atoms with Crippen molar-refractivity contribution in [1.29, 1.82) is 0 Å². The average molecular weight is 395 g/mol. The zero-order valence-electron chi connectivity index (χ0n) is 13.1. The summed E-state index contributed by atoms with van der Waals surface area (Å²) in [6, 6.07) is 10.4. The lowest BCUT2D eigenvalue weighted by Crippen LogP contribution is -2.20. The Kier molecular flexibility index (Phi) is 6.71. The molecule has 2 aromatic rings. The van der Waals surface area contributed by atoms with Crippen molar-refractivity contribution in [3.8, 4) is 0 Å². The number of rotatable bonds is 6. The number of carbonyl (C=O) groups is 2. The van der Waals surface area contributed by atoms with E-state index in [2.05, 4.69) is 5.32 Å². The molecule has 0 saturated carbocycles. The number of benzene rings is 2. The molecular weight excluding hydrogens is 383 g/mol. The van der Waals surface area contributed by atoms with Crippen molar-refractivity contribution in [2.75, 3.05) is 11.9 Å². The highest BCUT2D eigenvalue weighted by Crippen LogP contribution is 2.24. The van der Waals surface area contributed by atoms with Gasteiger partial charge in [-0.25, -0.2) is 4.79 Å². The van der Waals surface area contributed by atoms with Crippen LogP contribution in [0.2, 0.25) is 10.0 Å². The fraction of sp³-hybridized carbons (Fsp3) is 0.0588. The van der Waals surface area contributed by atoms with Crippen molar-refractivity contribution in [3.05, 3.63) is 74.3 Å². The predicted octanol–water partition coefficient (Wildman–Crippen LogP) is 4.10. The molecule has 0 bridgehead atoms. The lowest BCUT2D eigenvalue weighted by atomic mass is 10.2. The molecule has 0 saturated heterocycles. The molecule has 0 radical (unpaired) electrons. The fourth-order valence-corrected chi connectivity index (χ4v) is 2.20. The minimum absolute atomic E-state index is 0.0184. The van der Waals surface area contributed by atoms with E-state index in [1.807, 2.05) is 0 Å². The van der Waals surface area contributed by atoms with Gasteiger partial charge in [0.1, 0.15) is 5.69 Å². The number of hydrogen-bond acceptors (Lipinski definition) is 5. The second kappa shape index (κ2) is 8.98. The van der Waals surface area contributed by atoms with Crippen LogP contribution in [-0.2, 0) is 14.3 Å². The van der Waals surface area contributed by atoms with Gasteiger partial charge in [0.2, 0.25) is 0 Å². The average Bonchev–Trinajstić information content (AvgIpc) is 2.61. The molecule has 0 aliphatic heterocycles. The number of nitrogens with zero attached hydrogens (tertiary/aromatic N) is 1. The highest BCUT2D eigenvalue weighted by molar-refractivity contribution is 6.42. The molecule has 1 amide bonds. The van der Waals surface area contributed by atoms with E-state index < -0.39 is 23.4 Å². The van der Waals surface area contributed by atoms with E-state index in [9.17, 15) is 19.7 Å². The first kappa shape index (κ1) is 19.4. The van der Waals surface area contributed by atoms with Gasteiger partial charge >= 0.3 is 5.97 Å². The van der Waals surface area contributed by atoms with Crippen LogP contribution in [0.5, 0.6) is 0 Å². The number of nitro groups is 1. The Morgan fingerprint density at radius 3 is 2.58 bits per heavy atom. The van der Waals surface area contributed by atoms with E-state index >= 15 is 0 Å². The van der Waals surface area contributed by atoms with Crippen molar-refractivity contribution in [2.45, 2.75) is 0 Å². The van der Waals surface area contributed by atoms with E-state index in [4.69, 9.17) is 27.9 Å². The van der Waals surface area contributed by atoms with Crippen LogP contribution in [0, 0.1) is 10.1 Å². The standard InChI is InChI=1S/C17H12Cl2N2O5/c18-12-7-5-11(9-13(12)19)6-8-17(23)26-10-16(22)20-14-3-1-2-4-15(14)21(24)25/h1-9H,10H2,(H,20,22)/b8-6+. The minimum Gasteiger partial charge on any atom is -0.452 e. The van der Waals surface area contributed by atoms with Gasteiger partial charge in [0.25, 0.3) is 11.6 Å². The summed E-state index contributed by atoms with van der Waals surface area (Å²) in [6.45, 7) is -0.587. The zero-order chi connectivity index (χ0) is 19.1. The van der Waals surface area contributed by atoms with Gasteiger partial charge in [-0.05, 0) is 29.8 Å². The predicted molar refractivity (Wildman–Crippen MR) is 98.2 cm³/mol. The van der Waals surface area contributed by atoms with E-state index in [0.29, 0.717) is 15.6 Å². The molecule has 0 aliphatic rings. The summed E-state index contributed by atoms with van der Waals surface area (Å²) >= 11 is 11.7. The Hall–Kier alpha value is -2.90. The van der Waals surface area contributed by atoms with Crippen molar-refractivity contribution >= 4 is 52.5 Å². The first-order valence-electron chi connectivity index (χ1n) is 7.20. The summed E-state index contributed by atoms with van der Waals surface area (Å²) in [4.78, 5) is 33.7. The minimum atomic E-state index is -0.756. The summed E-state index contributed by atoms with van der Waals surface area (Å²) in [5.41, 5.74) is 0.386. The van der Waals surface area contributed by atoms with Crippen molar-refractivity contribution < 1.29 is 19.2 Å². The number of nitro benzene ring substituents is 1. The molecule has 0 heterocycles. The summed E-state index contributed by atoms with van der Waals surface area (Å²) < 4.78 is 4.79.